The predicted molar refractivity (Wildman–Crippen MR) is 61.2 cm³/mol. The Kier molecular flexibility index (Phi) is 1.89. The van der Waals surface area contributed by atoms with Crippen molar-refractivity contribution in [2.75, 3.05) is 0 Å². The first-order valence-corrected chi connectivity index (χ1v) is 5.02. The summed E-state index contributed by atoms with van der Waals surface area (Å²) in [4.78, 5) is 15.2. The van der Waals surface area contributed by atoms with Gasteiger partial charge in [0.05, 0.1) is 23.6 Å². The lowest BCUT2D eigenvalue weighted by molar-refractivity contribution is 0.0998. The fourth-order valence-electron chi connectivity index (χ4n) is 2.03. The minimum atomic E-state index is -0.776. The summed E-state index contributed by atoms with van der Waals surface area (Å²) in [6, 6.07) is 7.00. The number of fused-ring (bicyclic) bond motifs is 3. The number of primary amides is 1. The molecule has 0 aliphatic carbocycles. The summed E-state index contributed by atoms with van der Waals surface area (Å²) in [5, 5.41) is 0.489. The van der Waals surface area contributed by atoms with Crippen molar-refractivity contribution in [3.8, 4) is 0 Å². The number of nitrogens with two attached hydrogens (primary N) is 1. The number of amides is 1. The Morgan fingerprint density at radius 2 is 2.06 bits per heavy atom. The van der Waals surface area contributed by atoms with Crippen molar-refractivity contribution in [2.45, 2.75) is 0 Å². The molecule has 0 aliphatic heterocycles. The average Bonchev–Trinajstić information content (AvgIpc) is 2.78. The molecule has 0 saturated carbocycles. The Labute approximate surface area is 95.5 Å². The van der Waals surface area contributed by atoms with Crippen molar-refractivity contribution in [3.05, 3.63) is 48.2 Å². The highest BCUT2D eigenvalue weighted by Gasteiger charge is 2.18. The minimum absolute atomic E-state index is 0.0893. The van der Waals surface area contributed by atoms with Crippen LogP contribution >= 0.6 is 0 Å². The lowest BCUT2D eigenvalue weighted by Crippen LogP contribution is -2.15. The molecule has 0 radical (unpaired) electrons. The number of hydrogen-bond acceptors (Lipinski definition) is 2. The van der Waals surface area contributed by atoms with Gasteiger partial charge in [-0.1, -0.05) is 18.2 Å². The monoisotopic (exact) mass is 229 g/mol. The van der Waals surface area contributed by atoms with Crippen molar-refractivity contribution >= 4 is 22.3 Å². The van der Waals surface area contributed by atoms with Crippen LogP contribution in [0.1, 0.15) is 10.4 Å². The second-order valence-electron chi connectivity index (χ2n) is 3.72. The van der Waals surface area contributed by atoms with Gasteiger partial charge >= 0.3 is 0 Å². The fourth-order valence-corrected chi connectivity index (χ4v) is 2.03. The molecule has 0 bridgehead atoms. The van der Waals surface area contributed by atoms with E-state index >= 15 is 0 Å². The molecule has 0 spiro atoms. The highest BCUT2D eigenvalue weighted by Crippen LogP contribution is 2.25. The van der Waals surface area contributed by atoms with Crippen molar-refractivity contribution in [1.82, 2.24) is 9.38 Å². The summed E-state index contributed by atoms with van der Waals surface area (Å²) in [5.41, 5.74) is 6.09. The van der Waals surface area contributed by atoms with E-state index in [2.05, 4.69) is 4.98 Å². The molecule has 0 saturated heterocycles. The first-order chi connectivity index (χ1) is 8.20. The molecule has 3 rings (SSSR count). The Morgan fingerprint density at radius 3 is 2.82 bits per heavy atom. The number of hydrogen-bond donors (Lipinski definition) is 1. The molecule has 17 heavy (non-hydrogen) atoms. The molecule has 3 aromatic rings. The highest BCUT2D eigenvalue weighted by atomic mass is 19.1. The lowest BCUT2D eigenvalue weighted by atomic mass is 10.1. The predicted octanol–water partition coefficient (Wildman–Crippen LogP) is 1.73. The summed E-state index contributed by atoms with van der Waals surface area (Å²) in [6.45, 7) is 0. The zero-order valence-corrected chi connectivity index (χ0v) is 8.72. The van der Waals surface area contributed by atoms with E-state index in [1.807, 2.05) is 6.07 Å². The Balaban J connectivity index is 2.66. The summed E-state index contributed by atoms with van der Waals surface area (Å²) < 4.78 is 15.7. The van der Waals surface area contributed by atoms with Crippen molar-refractivity contribution < 1.29 is 9.18 Å². The van der Waals surface area contributed by atoms with Crippen LogP contribution in [0.5, 0.6) is 0 Å². The number of para-hydroxylation sites is 1. The van der Waals surface area contributed by atoms with Gasteiger partial charge in [0.1, 0.15) is 5.52 Å². The molecule has 84 valence electrons. The van der Waals surface area contributed by atoms with Crippen molar-refractivity contribution in [1.29, 1.82) is 0 Å². The third kappa shape index (κ3) is 1.22. The smallest absolute Gasteiger partial charge is 0.252 e. The van der Waals surface area contributed by atoms with E-state index in [0.29, 0.717) is 10.9 Å². The van der Waals surface area contributed by atoms with Crippen LogP contribution in [0.3, 0.4) is 0 Å². The van der Waals surface area contributed by atoms with Crippen LogP contribution < -0.4 is 5.73 Å². The van der Waals surface area contributed by atoms with E-state index in [-0.39, 0.29) is 11.1 Å². The van der Waals surface area contributed by atoms with E-state index in [9.17, 15) is 9.18 Å². The molecular weight excluding hydrogens is 221 g/mol. The molecule has 0 aliphatic rings. The zero-order chi connectivity index (χ0) is 12.0. The molecule has 2 heterocycles. The van der Waals surface area contributed by atoms with Gasteiger partial charge in [0.15, 0.2) is 5.82 Å². The van der Waals surface area contributed by atoms with E-state index in [0.717, 1.165) is 0 Å². The van der Waals surface area contributed by atoms with Crippen molar-refractivity contribution in [3.63, 3.8) is 0 Å². The Bertz CT molecular complexity index is 748. The first-order valence-electron chi connectivity index (χ1n) is 5.02. The second-order valence-corrected chi connectivity index (χ2v) is 3.72. The van der Waals surface area contributed by atoms with E-state index in [1.54, 1.807) is 22.6 Å². The van der Waals surface area contributed by atoms with Crippen LogP contribution in [0.25, 0.3) is 16.4 Å². The van der Waals surface area contributed by atoms with Crippen LogP contribution in [-0.4, -0.2) is 15.3 Å². The maximum atomic E-state index is 14.1. The molecule has 1 amide bonds. The normalized spacial score (nSPS) is 11.1. The zero-order valence-electron chi connectivity index (χ0n) is 8.72. The summed E-state index contributed by atoms with van der Waals surface area (Å²) in [6.07, 6.45) is 2.87. The number of halogens is 1. The summed E-state index contributed by atoms with van der Waals surface area (Å²) >= 11 is 0. The maximum absolute atomic E-state index is 14.1. The Morgan fingerprint density at radius 1 is 1.29 bits per heavy atom. The molecule has 1 aromatic carbocycles. The van der Waals surface area contributed by atoms with Gasteiger partial charge in [-0.3, -0.25) is 9.20 Å². The third-order valence-corrected chi connectivity index (χ3v) is 2.76. The molecule has 0 atom stereocenters. The molecule has 5 heteroatoms. The molecule has 4 nitrogen and oxygen atoms in total. The minimum Gasteiger partial charge on any atom is -0.365 e. The van der Waals surface area contributed by atoms with E-state index < -0.39 is 11.7 Å². The SMILES string of the molecule is NC(=O)c1c(F)c2cncn2c2ccccc12. The number of rotatable bonds is 1. The average molecular weight is 229 g/mol. The quantitative estimate of drug-likeness (QED) is 0.690. The number of benzene rings is 1. The molecule has 0 unspecified atom stereocenters. The molecular formula is C12H8FN3O. The second kappa shape index (κ2) is 3.28. The van der Waals surface area contributed by atoms with Crippen LogP contribution in [0, 0.1) is 5.82 Å². The van der Waals surface area contributed by atoms with E-state index in [4.69, 9.17) is 5.73 Å². The third-order valence-electron chi connectivity index (χ3n) is 2.76. The number of pyridine rings is 1. The topological polar surface area (TPSA) is 60.4 Å². The number of aromatic nitrogens is 2. The largest absolute Gasteiger partial charge is 0.365 e. The molecule has 2 N–H and O–H groups in total. The Hall–Kier alpha value is -2.43. The van der Waals surface area contributed by atoms with Gasteiger partial charge in [-0.25, -0.2) is 9.37 Å². The van der Waals surface area contributed by atoms with Crippen LogP contribution in [0.2, 0.25) is 0 Å². The number of carbonyl (C=O) groups excluding carboxylic acids is 1. The van der Waals surface area contributed by atoms with Gasteiger partial charge in [-0.15, -0.1) is 0 Å². The van der Waals surface area contributed by atoms with Crippen LogP contribution in [0.4, 0.5) is 4.39 Å². The van der Waals surface area contributed by atoms with Crippen LogP contribution in [-0.2, 0) is 0 Å². The summed E-state index contributed by atoms with van der Waals surface area (Å²) in [7, 11) is 0. The fraction of sp³-hybridized carbons (Fsp3) is 0. The van der Waals surface area contributed by atoms with Gasteiger partial charge in [0, 0.05) is 5.39 Å². The van der Waals surface area contributed by atoms with Gasteiger partial charge in [-0.2, -0.15) is 0 Å². The van der Waals surface area contributed by atoms with Crippen LogP contribution in [0.15, 0.2) is 36.8 Å². The molecule has 2 aromatic heterocycles. The first kappa shape index (κ1) is 9.77. The lowest BCUT2D eigenvalue weighted by Gasteiger charge is -2.08. The van der Waals surface area contributed by atoms with Gasteiger partial charge in [0.2, 0.25) is 0 Å². The van der Waals surface area contributed by atoms with Gasteiger partial charge in [0.25, 0.3) is 5.91 Å². The number of imidazole rings is 1. The molecule has 0 fully saturated rings. The maximum Gasteiger partial charge on any atom is 0.252 e. The summed E-state index contributed by atoms with van der Waals surface area (Å²) in [5.74, 6) is -1.41. The van der Waals surface area contributed by atoms with Gasteiger partial charge < -0.3 is 5.73 Å². The standard InChI is InChI=1S/C12H8FN3O/c13-11-9-5-15-6-16(9)8-4-2-1-3-7(8)10(11)12(14)17/h1-6H,(H2,14,17). The highest BCUT2D eigenvalue weighted by molar-refractivity contribution is 6.07. The number of carbonyl (C=O) groups is 1. The van der Waals surface area contributed by atoms with E-state index in [1.165, 1.54) is 12.5 Å². The number of nitrogens with zero attached hydrogens (tertiary/aromatic N) is 2. The van der Waals surface area contributed by atoms with Gasteiger partial charge in [-0.05, 0) is 6.07 Å². The van der Waals surface area contributed by atoms with Crippen molar-refractivity contribution in [2.24, 2.45) is 5.73 Å².